The molecule has 2 aliphatic carbocycles. The third-order valence-corrected chi connectivity index (χ3v) is 11.8. The van der Waals surface area contributed by atoms with Gasteiger partial charge in [0.25, 0.3) is 0 Å². The smallest absolute Gasteiger partial charge is 0.330 e. The van der Waals surface area contributed by atoms with Gasteiger partial charge in [0.05, 0.1) is 24.4 Å². The van der Waals surface area contributed by atoms with Crippen LogP contribution in [0.4, 0.5) is 11.4 Å². The van der Waals surface area contributed by atoms with Gasteiger partial charge in [-0.05, 0) is 128 Å². The Bertz CT molecular complexity index is 1760. The summed E-state index contributed by atoms with van der Waals surface area (Å²) < 4.78 is 23.1. The average molecular weight is 805 g/mol. The molecule has 0 bridgehead atoms. The van der Waals surface area contributed by atoms with Crippen molar-refractivity contribution in [1.82, 2.24) is 0 Å². The van der Waals surface area contributed by atoms with Crippen molar-refractivity contribution < 1.29 is 33.3 Å². The second kappa shape index (κ2) is 23.3. The van der Waals surface area contributed by atoms with E-state index < -0.39 is 11.9 Å². The van der Waals surface area contributed by atoms with Gasteiger partial charge in [-0.3, -0.25) is 9.59 Å². The molecule has 5 rings (SSSR count). The van der Waals surface area contributed by atoms with Crippen molar-refractivity contribution in [2.45, 2.75) is 110 Å². The molecule has 9 nitrogen and oxygen atoms in total. The molecule has 59 heavy (non-hydrogen) atoms. The highest BCUT2D eigenvalue weighted by molar-refractivity contribution is 5.87. The minimum Gasteiger partial charge on any atom is -0.493 e. The molecule has 3 aromatic rings. The normalized spacial score (nSPS) is 19.9. The fraction of sp³-hybridized carbons (Fsp3) is 0.460. The quantitative estimate of drug-likeness (QED) is 0.0285. The van der Waals surface area contributed by atoms with E-state index in [0.717, 1.165) is 79.9 Å². The van der Waals surface area contributed by atoms with Crippen LogP contribution in [0.5, 0.6) is 11.5 Å². The van der Waals surface area contributed by atoms with Crippen LogP contribution in [0.2, 0.25) is 0 Å². The highest BCUT2D eigenvalue weighted by Crippen LogP contribution is 2.34. The number of hydrogen-bond donors (Lipinski definition) is 2. The number of allylic oxidation sites excluding steroid dienone is 1. The van der Waals surface area contributed by atoms with Crippen LogP contribution in [0.15, 0.2) is 91.2 Å². The molecular weight excluding hydrogens is 741 g/mol. The SMILES string of the molecule is C=C(/C=C/c1ccc(OC(=O)[C@H]2CC[C@H](CCCC)CC2)cc1)OCC(COC(=O)/C=C/c1ccc(OC(=O)[C@H]2CC[C@H](CCCC)CC2)cc1)c1ccc(N)cc1N. The van der Waals surface area contributed by atoms with Gasteiger partial charge < -0.3 is 30.4 Å². The van der Waals surface area contributed by atoms with Crippen LogP contribution >= 0.6 is 0 Å². The standard InChI is InChI=1S/C50H64N2O7/c1-4-6-8-36-12-21-40(22-13-36)49(54)58-44-26-16-38(17-27-44)11-10-35(3)56-33-42(46-30-25-43(51)32-47(46)52)34-57-48(53)31-20-39-18-28-45(29-19-39)59-50(55)41-23-14-37(15-24-41)9-7-5-2/h10-11,16-20,25-32,36-37,40-42H,3-9,12-15,21-24,33-34,51-52H2,1-2H3/b11-10+,31-20+/t36-,37-,40-,41-,42?. The molecule has 9 heteroatoms. The molecular formula is C50H64N2O7. The van der Waals surface area contributed by atoms with Crippen LogP contribution < -0.4 is 20.9 Å². The summed E-state index contributed by atoms with van der Waals surface area (Å²) in [6.07, 6.45) is 22.0. The number of unbranched alkanes of at least 4 members (excludes halogenated alkanes) is 2. The maximum atomic E-state index is 12.8. The van der Waals surface area contributed by atoms with Crippen molar-refractivity contribution in [3.63, 3.8) is 0 Å². The number of anilines is 2. The lowest BCUT2D eigenvalue weighted by atomic mass is 9.80. The molecule has 0 spiro atoms. The van der Waals surface area contributed by atoms with Gasteiger partial charge in [-0.2, -0.15) is 0 Å². The first-order valence-electron chi connectivity index (χ1n) is 21.7. The van der Waals surface area contributed by atoms with Gasteiger partial charge in [0.1, 0.15) is 23.9 Å². The highest BCUT2D eigenvalue weighted by Gasteiger charge is 2.29. The second-order valence-electron chi connectivity index (χ2n) is 16.4. The van der Waals surface area contributed by atoms with E-state index in [1.807, 2.05) is 18.2 Å². The van der Waals surface area contributed by atoms with E-state index in [1.54, 1.807) is 66.7 Å². The molecule has 0 saturated heterocycles. The van der Waals surface area contributed by atoms with Crippen molar-refractivity contribution >= 4 is 41.4 Å². The van der Waals surface area contributed by atoms with Crippen molar-refractivity contribution in [3.8, 4) is 11.5 Å². The zero-order chi connectivity index (χ0) is 42.0. The zero-order valence-electron chi connectivity index (χ0n) is 35.1. The Morgan fingerprint density at radius 2 is 1.14 bits per heavy atom. The van der Waals surface area contributed by atoms with Crippen molar-refractivity contribution in [1.29, 1.82) is 0 Å². The third kappa shape index (κ3) is 14.8. The molecule has 0 radical (unpaired) electrons. The Morgan fingerprint density at radius 1 is 0.661 bits per heavy atom. The number of rotatable bonds is 20. The first-order chi connectivity index (χ1) is 28.6. The Kier molecular flexibility index (Phi) is 17.7. The third-order valence-electron chi connectivity index (χ3n) is 11.8. The fourth-order valence-corrected chi connectivity index (χ4v) is 8.08. The molecule has 4 N–H and O–H groups in total. The number of esters is 3. The van der Waals surface area contributed by atoms with E-state index in [0.29, 0.717) is 28.6 Å². The molecule has 0 aliphatic heterocycles. The van der Waals surface area contributed by atoms with Crippen LogP contribution in [0.3, 0.4) is 0 Å². The van der Waals surface area contributed by atoms with Crippen LogP contribution in [-0.4, -0.2) is 31.1 Å². The predicted molar refractivity (Wildman–Crippen MR) is 236 cm³/mol. The molecule has 1 unspecified atom stereocenters. The summed E-state index contributed by atoms with van der Waals surface area (Å²) in [7, 11) is 0. The Labute approximate surface area is 351 Å². The molecule has 3 aromatic carbocycles. The van der Waals surface area contributed by atoms with E-state index in [1.165, 1.54) is 44.6 Å². The van der Waals surface area contributed by atoms with Crippen LogP contribution in [0.1, 0.15) is 126 Å². The molecule has 2 fully saturated rings. The summed E-state index contributed by atoms with van der Waals surface area (Å²) >= 11 is 0. The summed E-state index contributed by atoms with van der Waals surface area (Å²) in [6.45, 7) is 8.62. The van der Waals surface area contributed by atoms with Gasteiger partial charge in [-0.15, -0.1) is 0 Å². The van der Waals surface area contributed by atoms with Gasteiger partial charge in [0.2, 0.25) is 0 Å². The van der Waals surface area contributed by atoms with E-state index in [4.69, 9.17) is 30.4 Å². The molecule has 1 atom stereocenters. The molecule has 2 saturated carbocycles. The van der Waals surface area contributed by atoms with Crippen LogP contribution in [0, 0.1) is 23.7 Å². The van der Waals surface area contributed by atoms with Gasteiger partial charge in [-0.1, -0.05) is 95.4 Å². The topological polar surface area (TPSA) is 140 Å². The number of nitrogens with two attached hydrogens (primary N) is 2. The van der Waals surface area contributed by atoms with Gasteiger partial charge in [-0.25, -0.2) is 4.79 Å². The van der Waals surface area contributed by atoms with E-state index in [-0.39, 0.29) is 37.0 Å². The number of carbonyl (C=O) groups excluding carboxylic acids is 3. The summed E-state index contributed by atoms with van der Waals surface area (Å²) in [5, 5.41) is 0. The average Bonchev–Trinajstić information content (AvgIpc) is 3.25. The van der Waals surface area contributed by atoms with Gasteiger partial charge in [0.15, 0.2) is 0 Å². The van der Waals surface area contributed by atoms with Crippen molar-refractivity contribution in [2.75, 3.05) is 24.7 Å². The largest absolute Gasteiger partial charge is 0.493 e. The van der Waals surface area contributed by atoms with E-state index in [9.17, 15) is 14.4 Å². The molecule has 316 valence electrons. The van der Waals surface area contributed by atoms with Gasteiger partial charge in [0, 0.05) is 17.5 Å². The molecule has 0 amide bonds. The molecule has 2 aliphatic rings. The summed E-state index contributed by atoms with van der Waals surface area (Å²) in [4.78, 5) is 38.4. The number of benzene rings is 3. The monoisotopic (exact) mass is 804 g/mol. The molecule has 0 heterocycles. The predicted octanol–water partition coefficient (Wildman–Crippen LogP) is 11.2. The second-order valence-corrected chi connectivity index (χ2v) is 16.4. The van der Waals surface area contributed by atoms with Crippen LogP contribution in [-0.2, 0) is 23.9 Å². The number of nitrogen functional groups attached to an aromatic ring is 2. The fourth-order valence-electron chi connectivity index (χ4n) is 8.08. The Morgan fingerprint density at radius 3 is 1.61 bits per heavy atom. The summed E-state index contributed by atoms with van der Waals surface area (Å²) in [5.74, 6) is 1.58. The minimum atomic E-state index is -0.531. The number of carbonyl (C=O) groups is 3. The van der Waals surface area contributed by atoms with Crippen molar-refractivity contribution in [2.24, 2.45) is 23.7 Å². The summed E-state index contributed by atoms with van der Waals surface area (Å²) in [6, 6.07) is 19.6. The lowest BCUT2D eigenvalue weighted by molar-refractivity contribution is -0.141. The lowest BCUT2D eigenvalue weighted by Gasteiger charge is -2.27. The van der Waals surface area contributed by atoms with E-state index in [2.05, 4.69) is 20.4 Å². The summed E-state index contributed by atoms with van der Waals surface area (Å²) in [5.41, 5.74) is 15.6. The van der Waals surface area contributed by atoms with Crippen LogP contribution in [0.25, 0.3) is 12.2 Å². The maximum absolute atomic E-state index is 12.8. The minimum absolute atomic E-state index is 0.00414. The Balaban J connectivity index is 1.07. The van der Waals surface area contributed by atoms with E-state index >= 15 is 0 Å². The Hall–Kier alpha value is -5.31. The number of ether oxygens (including phenoxy) is 4. The maximum Gasteiger partial charge on any atom is 0.330 e. The molecule has 0 aromatic heterocycles. The first kappa shape index (κ1) is 44.8. The highest BCUT2D eigenvalue weighted by atomic mass is 16.5. The van der Waals surface area contributed by atoms with Gasteiger partial charge >= 0.3 is 17.9 Å². The first-order valence-corrected chi connectivity index (χ1v) is 21.7. The number of hydrogen-bond acceptors (Lipinski definition) is 9. The van der Waals surface area contributed by atoms with Crippen molar-refractivity contribution in [3.05, 3.63) is 108 Å². The lowest BCUT2D eigenvalue weighted by Crippen LogP contribution is -2.25. The zero-order valence-corrected chi connectivity index (χ0v) is 35.1.